The molecule has 1 unspecified atom stereocenters. The summed E-state index contributed by atoms with van der Waals surface area (Å²) in [5.74, 6) is 0. The van der Waals surface area contributed by atoms with E-state index in [1.807, 2.05) is 0 Å². The van der Waals surface area contributed by atoms with Gasteiger partial charge in [0.25, 0.3) is 0 Å². The molecule has 1 aliphatic rings. The zero-order chi connectivity index (χ0) is 14.4. The van der Waals surface area contributed by atoms with Gasteiger partial charge >= 0.3 is 0 Å². The quantitative estimate of drug-likeness (QED) is 0.769. The normalized spacial score (nSPS) is 20.4. The average Bonchev–Trinajstić information content (AvgIpc) is 2.65. The van der Waals surface area contributed by atoms with Crippen molar-refractivity contribution >= 4 is 15.9 Å². The van der Waals surface area contributed by atoms with E-state index >= 15 is 0 Å². The van der Waals surface area contributed by atoms with Crippen molar-refractivity contribution in [3.05, 3.63) is 34.3 Å². The van der Waals surface area contributed by atoms with Crippen molar-refractivity contribution < 1.29 is 5.11 Å². The Morgan fingerprint density at radius 1 is 1.25 bits per heavy atom. The number of hydrogen-bond acceptors (Lipinski definition) is 2. The third-order valence-corrected chi connectivity index (χ3v) is 4.86. The average molecular weight is 340 g/mol. The van der Waals surface area contributed by atoms with Gasteiger partial charge in [-0.1, -0.05) is 60.7 Å². The zero-order valence-corrected chi connectivity index (χ0v) is 14.0. The fraction of sp³-hybridized carbons (Fsp3) is 0.647. The highest BCUT2D eigenvalue weighted by atomic mass is 79.9. The van der Waals surface area contributed by atoms with Gasteiger partial charge in [0.05, 0.1) is 5.60 Å². The van der Waals surface area contributed by atoms with Crippen LogP contribution in [-0.4, -0.2) is 17.3 Å². The Morgan fingerprint density at radius 2 is 1.95 bits per heavy atom. The molecule has 1 aromatic carbocycles. The van der Waals surface area contributed by atoms with Gasteiger partial charge in [0.1, 0.15) is 0 Å². The summed E-state index contributed by atoms with van der Waals surface area (Å²) in [6.07, 6.45) is 7.77. The number of rotatable bonds is 5. The molecule has 0 aromatic heterocycles. The van der Waals surface area contributed by atoms with Crippen LogP contribution in [0, 0.1) is 0 Å². The summed E-state index contributed by atoms with van der Waals surface area (Å²) in [5, 5.41) is 14.3. The molecular weight excluding hydrogens is 314 g/mol. The molecule has 0 aliphatic heterocycles. The van der Waals surface area contributed by atoms with E-state index in [-0.39, 0.29) is 0 Å². The van der Waals surface area contributed by atoms with Gasteiger partial charge < -0.3 is 10.4 Å². The maximum atomic E-state index is 10.7. The van der Waals surface area contributed by atoms with Crippen molar-refractivity contribution in [3.63, 3.8) is 0 Å². The van der Waals surface area contributed by atoms with Crippen molar-refractivity contribution in [1.29, 1.82) is 0 Å². The van der Waals surface area contributed by atoms with Crippen molar-refractivity contribution in [3.8, 4) is 0 Å². The van der Waals surface area contributed by atoms with Crippen LogP contribution < -0.4 is 5.32 Å². The molecule has 0 saturated heterocycles. The Bertz CT molecular complexity index is 413. The monoisotopic (exact) mass is 339 g/mol. The van der Waals surface area contributed by atoms with Crippen molar-refractivity contribution in [2.45, 2.75) is 63.5 Å². The van der Waals surface area contributed by atoms with Crippen LogP contribution in [0.5, 0.6) is 0 Å². The van der Waals surface area contributed by atoms with Gasteiger partial charge in [0.2, 0.25) is 0 Å². The molecule has 2 rings (SSSR count). The summed E-state index contributed by atoms with van der Waals surface area (Å²) in [4.78, 5) is 0. The van der Waals surface area contributed by atoms with E-state index < -0.39 is 5.60 Å². The van der Waals surface area contributed by atoms with Crippen LogP contribution in [0.2, 0.25) is 0 Å². The van der Waals surface area contributed by atoms with Crippen LogP contribution in [0.3, 0.4) is 0 Å². The molecule has 1 saturated carbocycles. The molecule has 1 fully saturated rings. The molecule has 1 aromatic rings. The maximum Gasteiger partial charge on any atom is 0.0771 e. The van der Waals surface area contributed by atoms with Gasteiger partial charge in [-0.2, -0.15) is 0 Å². The third-order valence-electron chi connectivity index (χ3n) is 4.37. The minimum absolute atomic E-state index is 0.319. The van der Waals surface area contributed by atoms with E-state index in [2.05, 4.69) is 52.4 Å². The lowest BCUT2D eigenvalue weighted by Gasteiger charge is -2.29. The SMILES string of the molecule is CCC(NCC1(O)CCCCCC1)c1cccc(Br)c1. The molecule has 3 heteroatoms. The largest absolute Gasteiger partial charge is 0.389 e. The predicted molar refractivity (Wildman–Crippen MR) is 87.8 cm³/mol. The highest BCUT2D eigenvalue weighted by Gasteiger charge is 2.28. The van der Waals surface area contributed by atoms with Crippen molar-refractivity contribution in [2.24, 2.45) is 0 Å². The molecule has 0 spiro atoms. The van der Waals surface area contributed by atoms with E-state index in [0.29, 0.717) is 12.6 Å². The highest BCUT2D eigenvalue weighted by Crippen LogP contribution is 2.28. The molecule has 2 N–H and O–H groups in total. The van der Waals surface area contributed by atoms with Gasteiger partial charge in [-0.25, -0.2) is 0 Å². The van der Waals surface area contributed by atoms with Crippen LogP contribution in [0.25, 0.3) is 0 Å². The fourth-order valence-corrected chi connectivity index (χ4v) is 3.51. The molecule has 0 amide bonds. The molecule has 0 radical (unpaired) electrons. The minimum Gasteiger partial charge on any atom is -0.389 e. The summed E-state index contributed by atoms with van der Waals surface area (Å²) >= 11 is 3.53. The second kappa shape index (κ2) is 7.58. The first-order valence-corrected chi connectivity index (χ1v) is 8.63. The van der Waals surface area contributed by atoms with Crippen LogP contribution in [0.15, 0.2) is 28.7 Å². The van der Waals surface area contributed by atoms with Gasteiger partial charge in [-0.05, 0) is 37.0 Å². The van der Waals surface area contributed by atoms with Gasteiger partial charge in [-0.3, -0.25) is 0 Å². The Labute approximate surface area is 131 Å². The molecule has 1 atom stereocenters. The summed E-state index contributed by atoms with van der Waals surface area (Å²) in [5.41, 5.74) is 0.787. The van der Waals surface area contributed by atoms with Crippen LogP contribution >= 0.6 is 15.9 Å². The molecular formula is C17H26BrNO. The van der Waals surface area contributed by atoms with Crippen molar-refractivity contribution in [2.75, 3.05) is 6.54 Å². The number of aliphatic hydroxyl groups is 1. The first-order chi connectivity index (χ1) is 9.63. The minimum atomic E-state index is -0.504. The summed E-state index contributed by atoms with van der Waals surface area (Å²) in [6, 6.07) is 8.76. The van der Waals surface area contributed by atoms with E-state index in [1.165, 1.54) is 18.4 Å². The molecule has 112 valence electrons. The van der Waals surface area contributed by atoms with Crippen LogP contribution in [-0.2, 0) is 0 Å². The number of halogens is 1. The topological polar surface area (TPSA) is 32.3 Å². The van der Waals surface area contributed by atoms with E-state index in [1.54, 1.807) is 0 Å². The molecule has 20 heavy (non-hydrogen) atoms. The Hall–Kier alpha value is -0.380. The summed E-state index contributed by atoms with van der Waals surface area (Å²) < 4.78 is 1.11. The molecule has 0 bridgehead atoms. The van der Waals surface area contributed by atoms with E-state index in [4.69, 9.17) is 0 Å². The van der Waals surface area contributed by atoms with Crippen LogP contribution in [0.4, 0.5) is 0 Å². The van der Waals surface area contributed by atoms with Gasteiger partial charge in [-0.15, -0.1) is 0 Å². The van der Waals surface area contributed by atoms with E-state index in [0.717, 1.165) is 36.6 Å². The first kappa shape index (κ1) is 16.0. The lowest BCUT2D eigenvalue weighted by molar-refractivity contribution is 0.0225. The Kier molecular flexibility index (Phi) is 6.06. The highest BCUT2D eigenvalue weighted by molar-refractivity contribution is 9.10. The summed E-state index contributed by atoms with van der Waals surface area (Å²) in [6.45, 7) is 2.90. The molecule has 1 aliphatic carbocycles. The molecule has 0 heterocycles. The number of nitrogens with one attached hydrogen (secondary N) is 1. The smallest absolute Gasteiger partial charge is 0.0771 e. The number of benzene rings is 1. The maximum absolute atomic E-state index is 10.7. The second-order valence-corrected chi connectivity index (χ2v) is 6.95. The standard InChI is InChI=1S/C17H26BrNO/c1-2-16(14-8-7-9-15(18)12-14)19-13-17(20)10-5-3-4-6-11-17/h7-9,12,16,19-20H,2-6,10-11,13H2,1H3. The van der Waals surface area contributed by atoms with Crippen molar-refractivity contribution in [1.82, 2.24) is 5.32 Å². The fourth-order valence-electron chi connectivity index (χ4n) is 3.10. The van der Waals surface area contributed by atoms with Crippen LogP contribution in [0.1, 0.15) is 63.5 Å². The van der Waals surface area contributed by atoms with Gasteiger partial charge in [0, 0.05) is 17.1 Å². The zero-order valence-electron chi connectivity index (χ0n) is 12.4. The Balaban J connectivity index is 1.96. The predicted octanol–water partition coefficient (Wildman–Crippen LogP) is 4.58. The summed E-state index contributed by atoms with van der Waals surface area (Å²) in [7, 11) is 0. The van der Waals surface area contributed by atoms with E-state index in [9.17, 15) is 5.11 Å². The lowest BCUT2D eigenvalue weighted by Crippen LogP contribution is -2.41. The van der Waals surface area contributed by atoms with Gasteiger partial charge in [0.15, 0.2) is 0 Å². The molecule has 2 nitrogen and oxygen atoms in total. The first-order valence-electron chi connectivity index (χ1n) is 7.84. The third kappa shape index (κ3) is 4.57. The lowest BCUT2D eigenvalue weighted by atomic mass is 9.93. The second-order valence-electron chi connectivity index (χ2n) is 6.04. The number of hydrogen-bond donors (Lipinski definition) is 2. The Morgan fingerprint density at radius 3 is 2.55 bits per heavy atom.